The maximum absolute atomic E-state index is 2.47. The number of hydrogen-bond donors (Lipinski definition) is 0. The standard InChI is InChI=1S/C16H18Si/c1-17(2,3)16-14-10-6-4-8-12(14)13-9-5-7-11-15(13)16/h4-11,16H,1-3H3. The number of benzene rings is 2. The molecule has 0 aromatic heterocycles. The predicted molar refractivity (Wildman–Crippen MR) is 77.1 cm³/mol. The summed E-state index contributed by atoms with van der Waals surface area (Å²) in [5, 5.41) is 0. The molecule has 3 rings (SSSR count). The largest absolute Gasteiger partial charge is 0.0688 e. The highest BCUT2D eigenvalue weighted by molar-refractivity contribution is 6.78. The second kappa shape index (κ2) is 3.57. The molecule has 0 bridgehead atoms. The first-order valence-electron chi connectivity index (χ1n) is 6.27. The molecule has 0 unspecified atom stereocenters. The monoisotopic (exact) mass is 238 g/mol. The molecule has 0 amide bonds. The van der Waals surface area contributed by atoms with Gasteiger partial charge >= 0.3 is 0 Å². The Kier molecular flexibility index (Phi) is 2.27. The molecule has 1 aliphatic rings. The van der Waals surface area contributed by atoms with Gasteiger partial charge in [0.1, 0.15) is 0 Å². The van der Waals surface area contributed by atoms with Gasteiger partial charge in [-0.25, -0.2) is 0 Å². The van der Waals surface area contributed by atoms with Gasteiger partial charge in [0.05, 0.1) is 8.07 Å². The highest BCUT2D eigenvalue weighted by Crippen LogP contribution is 2.48. The summed E-state index contributed by atoms with van der Waals surface area (Å²) in [6, 6.07) is 17.8. The summed E-state index contributed by atoms with van der Waals surface area (Å²) in [6.45, 7) is 7.41. The van der Waals surface area contributed by atoms with Gasteiger partial charge in [-0.2, -0.15) is 0 Å². The molecule has 86 valence electrons. The molecule has 0 aliphatic heterocycles. The van der Waals surface area contributed by atoms with Crippen molar-refractivity contribution in [1.29, 1.82) is 0 Å². The van der Waals surface area contributed by atoms with Gasteiger partial charge in [-0.15, -0.1) is 0 Å². The SMILES string of the molecule is C[Si](C)(C)C1c2ccccc2-c2ccccc21. The third kappa shape index (κ3) is 1.57. The molecule has 17 heavy (non-hydrogen) atoms. The number of fused-ring (bicyclic) bond motifs is 3. The van der Waals surface area contributed by atoms with Crippen molar-refractivity contribution < 1.29 is 0 Å². The molecule has 0 nitrogen and oxygen atoms in total. The predicted octanol–water partition coefficient (Wildman–Crippen LogP) is 4.68. The third-order valence-electron chi connectivity index (χ3n) is 3.70. The van der Waals surface area contributed by atoms with Crippen LogP contribution in [0.3, 0.4) is 0 Å². The molecule has 0 heterocycles. The number of hydrogen-bond acceptors (Lipinski definition) is 0. The lowest BCUT2D eigenvalue weighted by molar-refractivity contribution is 1.12. The second-order valence-corrected chi connectivity index (χ2v) is 11.3. The van der Waals surface area contributed by atoms with Crippen LogP contribution >= 0.6 is 0 Å². The Hall–Kier alpha value is -1.34. The van der Waals surface area contributed by atoms with Gasteiger partial charge in [-0.05, 0) is 22.3 Å². The first-order valence-corrected chi connectivity index (χ1v) is 9.85. The van der Waals surface area contributed by atoms with Crippen molar-refractivity contribution >= 4 is 8.07 Å². The minimum Gasteiger partial charge on any atom is -0.0688 e. The van der Waals surface area contributed by atoms with Crippen LogP contribution < -0.4 is 0 Å². The molecule has 0 atom stereocenters. The lowest BCUT2D eigenvalue weighted by Gasteiger charge is -2.27. The van der Waals surface area contributed by atoms with Crippen molar-refractivity contribution in [3.05, 3.63) is 59.7 Å². The molecule has 1 heteroatoms. The van der Waals surface area contributed by atoms with E-state index in [0.29, 0.717) is 5.54 Å². The van der Waals surface area contributed by atoms with Gasteiger partial charge in [0.15, 0.2) is 0 Å². The summed E-state index contributed by atoms with van der Waals surface area (Å²) in [7, 11) is -1.23. The molecule has 0 radical (unpaired) electrons. The van der Waals surface area contributed by atoms with Crippen LogP contribution in [-0.4, -0.2) is 8.07 Å². The fraction of sp³-hybridized carbons (Fsp3) is 0.250. The van der Waals surface area contributed by atoms with E-state index < -0.39 is 8.07 Å². The van der Waals surface area contributed by atoms with Gasteiger partial charge in [0.25, 0.3) is 0 Å². The van der Waals surface area contributed by atoms with E-state index in [1.807, 2.05) is 0 Å². The van der Waals surface area contributed by atoms with Crippen LogP contribution in [0.1, 0.15) is 16.7 Å². The fourth-order valence-corrected chi connectivity index (χ4v) is 5.46. The quantitative estimate of drug-likeness (QED) is 0.633. The Balaban J connectivity index is 2.31. The van der Waals surface area contributed by atoms with Gasteiger partial charge in [0, 0.05) is 5.54 Å². The van der Waals surface area contributed by atoms with Crippen molar-refractivity contribution in [3.63, 3.8) is 0 Å². The van der Waals surface area contributed by atoms with Crippen LogP contribution in [-0.2, 0) is 0 Å². The summed E-state index contributed by atoms with van der Waals surface area (Å²) in [5.74, 6) is 0. The molecule has 0 saturated carbocycles. The minimum atomic E-state index is -1.23. The molecule has 2 aromatic carbocycles. The zero-order chi connectivity index (χ0) is 12.0. The Morgan fingerprint density at radius 2 is 1.12 bits per heavy atom. The van der Waals surface area contributed by atoms with Gasteiger partial charge in [-0.1, -0.05) is 68.2 Å². The van der Waals surface area contributed by atoms with Crippen molar-refractivity contribution in [2.24, 2.45) is 0 Å². The average Bonchev–Trinajstić information content (AvgIpc) is 2.63. The Bertz CT molecular complexity index is 518. The smallest absolute Gasteiger partial charge is 0.0574 e. The van der Waals surface area contributed by atoms with E-state index >= 15 is 0 Å². The molecule has 0 spiro atoms. The summed E-state index contributed by atoms with van der Waals surface area (Å²) < 4.78 is 0. The zero-order valence-electron chi connectivity index (χ0n) is 10.7. The maximum Gasteiger partial charge on any atom is 0.0574 e. The molecular weight excluding hydrogens is 220 g/mol. The van der Waals surface area contributed by atoms with Gasteiger partial charge in [-0.3, -0.25) is 0 Å². The average molecular weight is 238 g/mol. The Morgan fingerprint density at radius 3 is 1.53 bits per heavy atom. The first-order chi connectivity index (χ1) is 8.09. The molecule has 0 saturated heterocycles. The molecular formula is C16H18Si. The summed E-state index contributed by atoms with van der Waals surface area (Å²) >= 11 is 0. The van der Waals surface area contributed by atoms with E-state index in [2.05, 4.69) is 68.2 Å². The Labute approximate surface area is 104 Å². The van der Waals surface area contributed by atoms with Crippen molar-refractivity contribution in [1.82, 2.24) is 0 Å². The number of rotatable bonds is 1. The summed E-state index contributed by atoms with van der Waals surface area (Å²) in [5.41, 5.74) is 6.67. The van der Waals surface area contributed by atoms with E-state index in [9.17, 15) is 0 Å². The van der Waals surface area contributed by atoms with Crippen LogP contribution in [0.4, 0.5) is 0 Å². The summed E-state index contributed by atoms with van der Waals surface area (Å²) in [4.78, 5) is 0. The van der Waals surface area contributed by atoms with Crippen molar-refractivity contribution in [2.45, 2.75) is 25.2 Å². The van der Waals surface area contributed by atoms with E-state index in [0.717, 1.165) is 0 Å². The van der Waals surface area contributed by atoms with Crippen LogP contribution in [0.5, 0.6) is 0 Å². The lowest BCUT2D eigenvalue weighted by Crippen LogP contribution is -2.30. The first kappa shape index (κ1) is 10.8. The van der Waals surface area contributed by atoms with Gasteiger partial charge < -0.3 is 0 Å². The van der Waals surface area contributed by atoms with Crippen molar-refractivity contribution in [2.75, 3.05) is 0 Å². The van der Waals surface area contributed by atoms with E-state index in [4.69, 9.17) is 0 Å². The minimum absolute atomic E-state index is 0.662. The third-order valence-corrected chi connectivity index (χ3v) is 6.05. The van der Waals surface area contributed by atoms with Crippen molar-refractivity contribution in [3.8, 4) is 11.1 Å². The Morgan fingerprint density at radius 1 is 0.706 bits per heavy atom. The molecule has 0 fully saturated rings. The fourth-order valence-electron chi connectivity index (χ4n) is 3.09. The van der Waals surface area contributed by atoms with Crippen LogP contribution in [0.25, 0.3) is 11.1 Å². The van der Waals surface area contributed by atoms with Gasteiger partial charge in [0.2, 0.25) is 0 Å². The van der Waals surface area contributed by atoms with Crippen LogP contribution in [0, 0.1) is 0 Å². The zero-order valence-corrected chi connectivity index (χ0v) is 11.7. The van der Waals surface area contributed by atoms with E-state index in [1.165, 1.54) is 11.1 Å². The maximum atomic E-state index is 2.47. The highest BCUT2D eigenvalue weighted by atomic mass is 28.3. The topological polar surface area (TPSA) is 0 Å². The highest BCUT2D eigenvalue weighted by Gasteiger charge is 2.37. The van der Waals surface area contributed by atoms with E-state index in [-0.39, 0.29) is 0 Å². The second-order valence-electron chi connectivity index (χ2n) is 5.97. The molecule has 0 N–H and O–H groups in total. The summed E-state index contributed by atoms with van der Waals surface area (Å²) in [6.07, 6.45) is 0. The van der Waals surface area contributed by atoms with E-state index in [1.54, 1.807) is 11.1 Å². The molecule has 2 aromatic rings. The van der Waals surface area contributed by atoms with Crippen LogP contribution in [0.15, 0.2) is 48.5 Å². The van der Waals surface area contributed by atoms with Crippen LogP contribution in [0.2, 0.25) is 19.6 Å². The lowest BCUT2D eigenvalue weighted by atomic mass is 10.1. The molecule has 1 aliphatic carbocycles. The normalized spacial score (nSPS) is 14.5.